The van der Waals surface area contributed by atoms with E-state index in [0.717, 1.165) is 19.1 Å². The quantitative estimate of drug-likeness (QED) is 0.555. The van der Waals surface area contributed by atoms with Crippen molar-refractivity contribution in [2.75, 3.05) is 6.54 Å². The first-order valence-corrected chi connectivity index (χ1v) is 3.53. The van der Waals surface area contributed by atoms with Crippen molar-refractivity contribution in [1.82, 2.24) is 0 Å². The van der Waals surface area contributed by atoms with Gasteiger partial charge < -0.3 is 15.6 Å². The normalized spacial score (nSPS) is 33.7. The van der Waals surface area contributed by atoms with E-state index in [9.17, 15) is 0 Å². The van der Waals surface area contributed by atoms with E-state index in [4.69, 9.17) is 15.6 Å². The highest BCUT2D eigenvalue weighted by molar-refractivity contribution is 4.88. The molecule has 3 heteroatoms. The molecule has 0 aromatic carbocycles. The zero-order valence-corrected chi connectivity index (χ0v) is 5.86. The average Bonchev–Trinajstić information content (AvgIpc) is 2.37. The number of ether oxygens (including phenoxy) is 1. The molecule has 1 heterocycles. The predicted octanol–water partition coefficient (Wildman–Crippen LogP) is 0.564. The SMILES string of the molecule is NCC1CCC(/C=C/O)O1. The fourth-order valence-electron chi connectivity index (χ4n) is 1.14. The number of aliphatic hydroxyl groups is 1. The number of hydrogen-bond donors (Lipinski definition) is 2. The lowest BCUT2D eigenvalue weighted by Gasteiger charge is -2.06. The van der Waals surface area contributed by atoms with Gasteiger partial charge in [-0.1, -0.05) is 0 Å². The lowest BCUT2D eigenvalue weighted by atomic mass is 10.2. The van der Waals surface area contributed by atoms with Crippen molar-refractivity contribution in [2.45, 2.75) is 25.0 Å². The van der Waals surface area contributed by atoms with Crippen LogP contribution in [0.15, 0.2) is 12.3 Å². The molecule has 0 aliphatic carbocycles. The van der Waals surface area contributed by atoms with Crippen LogP contribution in [-0.2, 0) is 4.74 Å². The number of nitrogens with two attached hydrogens (primary N) is 1. The largest absolute Gasteiger partial charge is 0.516 e. The average molecular weight is 143 g/mol. The first-order chi connectivity index (χ1) is 4.86. The van der Waals surface area contributed by atoms with E-state index < -0.39 is 0 Å². The van der Waals surface area contributed by atoms with Gasteiger partial charge in [0.25, 0.3) is 0 Å². The molecule has 0 amide bonds. The minimum absolute atomic E-state index is 0.0820. The highest BCUT2D eigenvalue weighted by atomic mass is 16.5. The van der Waals surface area contributed by atoms with Crippen LogP contribution >= 0.6 is 0 Å². The van der Waals surface area contributed by atoms with E-state index in [0.29, 0.717) is 6.54 Å². The summed E-state index contributed by atoms with van der Waals surface area (Å²) in [6.45, 7) is 0.579. The highest BCUT2D eigenvalue weighted by Gasteiger charge is 2.21. The molecule has 1 saturated heterocycles. The van der Waals surface area contributed by atoms with Gasteiger partial charge >= 0.3 is 0 Å². The Morgan fingerprint density at radius 2 is 2.40 bits per heavy atom. The number of hydrogen-bond acceptors (Lipinski definition) is 3. The summed E-state index contributed by atoms with van der Waals surface area (Å²) < 4.78 is 5.38. The van der Waals surface area contributed by atoms with Gasteiger partial charge in [-0.3, -0.25) is 0 Å². The predicted molar refractivity (Wildman–Crippen MR) is 38.7 cm³/mol. The van der Waals surface area contributed by atoms with Crippen LogP contribution in [0.1, 0.15) is 12.8 Å². The maximum Gasteiger partial charge on any atom is 0.0793 e. The van der Waals surface area contributed by atoms with Crippen molar-refractivity contribution >= 4 is 0 Å². The van der Waals surface area contributed by atoms with Gasteiger partial charge in [0.05, 0.1) is 18.5 Å². The second-order valence-electron chi connectivity index (χ2n) is 2.45. The molecule has 1 aliphatic rings. The van der Waals surface area contributed by atoms with Gasteiger partial charge in [0.2, 0.25) is 0 Å². The van der Waals surface area contributed by atoms with Gasteiger partial charge in [-0.2, -0.15) is 0 Å². The standard InChI is InChI=1S/C7H13NO2/c8-5-7-2-1-6(10-7)3-4-9/h3-4,6-7,9H,1-2,5,8H2/b4-3+. The lowest BCUT2D eigenvalue weighted by molar-refractivity contribution is 0.0758. The molecular weight excluding hydrogens is 130 g/mol. The molecule has 2 atom stereocenters. The Morgan fingerprint density at radius 3 is 2.90 bits per heavy atom. The fraction of sp³-hybridized carbons (Fsp3) is 0.714. The van der Waals surface area contributed by atoms with E-state index in [1.165, 1.54) is 0 Å². The molecule has 1 fully saturated rings. The second kappa shape index (κ2) is 3.58. The Labute approximate surface area is 60.5 Å². The van der Waals surface area contributed by atoms with Crippen molar-refractivity contribution in [3.63, 3.8) is 0 Å². The zero-order chi connectivity index (χ0) is 7.40. The monoisotopic (exact) mass is 143 g/mol. The Hall–Kier alpha value is -0.540. The molecule has 0 spiro atoms. The van der Waals surface area contributed by atoms with Crippen molar-refractivity contribution in [1.29, 1.82) is 0 Å². The third kappa shape index (κ3) is 1.72. The van der Waals surface area contributed by atoms with Crippen molar-refractivity contribution in [3.8, 4) is 0 Å². The number of rotatable bonds is 2. The maximum atomic E-state index is 8.39. The summed E-state index contributed by atoms with van der Waals surface area (Å²) >= 11 is 0. The van der Waals surface area contributed by atoms with Crippen molar-refractivity contribution in [3.05, 3.63) is 12.3 Å². The smallest absolute Gasteiger partial charge is 0.0793 e. The topological polar surface area (TPSA) is 55.5 Å². The molecule has 0 aromatic rings. The summed E-state index contributed by atoms with van der Waals surface area (Å²) in [5.41, 5.74) is 5.38. The van der Waals surface area contributed by atoms with Crippen LogP contribution in [0.5, 0.6) is 0 Å². The first kappa shape index (κ1) is 7.57. The molecule has 58 valence electrons. The van der Waals surface area contributed by atoms with Crippen molar-refractivity contribution < 1.29 is 9.84 Å². The highest BCUT2D eigenvalue weighted by Crippen LogP contribution is 2.19. The summed E-state index contributed by atoms with van der Waals surface area (Å²) in [5, 5.41) is 8.39. The summed E-state index contributed by atoms with van der Waals surface area (Å²) in [7, 11) is 0. The van der Waals surface area contributed by atoms with Gasteiger partial charge in [0.1, 0.15) is 0 Å². The summed E-state index contributed by atoms with van der Waals surface area (Å²) in [6.07, 6.45) is 4.93. The molecule has 0 saturated carbocycles. The minimum atomic E-state index is 0.0820. The first-order valence-electron chi connectivity index (χ1n) is 3.53. The van der Waals surface area contributed by atoms with Gasteiger partial charge in [0.15, 0.2) is 0 Å². The molecule has 0 aromatic heterocycles. The second-order valence-corrected chi connectivity index (χ2v) is 2.45. The Morgan fingerprint density at radius 1 is 1.60 bits per heavy atom. The molecule has 2 unspecified atom stereocenters. The molecule has 0 bridgehead atoms. The summed E-state index contributed by atoms with van der Waals surface area (Å²) in [5.74, 6) is 0. The third-order valence-corrected chi connectivity index (χ3v) is 1.70. The molecular formula is C7H13NO2. The number of aliphatic hydroxyl groups excluding tert-OH is 1. The zero-order valence-electron chi connectivity index (χ0n) is 5.86. The third-order valence-electron chi connectivity index (χ3n) is 1.70. The molecule has 1 aliphatic heterocycles. The molecule has 0 radical (unpaired) electrons. The summed E-state index contributed by atoms with van der Waals surface area (Å²) in [6, 6.07) is 0. The van der Waals surface area contributed by atoms with Crippen LogP contribution in [0.2, 0.25) is 0 Å². The maximum absolute atomic E-state index is 8.39. The minimum Gasteiger partial charge on any atom is -0.516 e. The van der Waals surface area contributed by atoms with Crippen LogP contribution in [0.25, 0.3) is 0 Å². The molecule has 3 N–H and O–H groups in total. The molecule has 1 rings (SSSR count). The van der Waals surface area contributed by atoms with Gasteiger partial charge in [-0.25, -0.2) is 0 Å². The van der Waals surface area contributed by atoms with E-state index in [1.807, 2.05) is 0 Å². The Bertz CT molecular complexity index is 125. The molecule has 10 heavy (non-hydrogen) atoms. The lowest BCUT2D eigenvalue weighted by Crippen LogP contribution is -2.19. The van der Waals surface area contributed by atoms with Crippen LogP contribution in [0.3, 0.4) is 0 Å². The van der Waals surface area contributed by atoms with E-state index in [-0.39, 0.29) is 12.2 Å². The Balaban J connectivity index is 2.28. The van der Waals surface area contributed by atoms with E-state index >= 15 is 0 Å². The van der Waals surface area contributed by atoms with Crippen LogP contribution < -0.4 is 5.73 Å². The van der Waals surface area contributed by atoms with E-state index in [2.05, 4.69) is 0 Å². The van der Waals surface area contributed by atoms with Gasteiger partial charge in [-0.05, 0) is 18.9 Å². The van der Waals surface area contributed by atoms with Crippen LogP contribution in [0, 0.1) is 0 Å². The van der Waals surface area contributed by atoms with Gasteiger partial charge in [0, 0.05) is 6.54 Å². The molecule has 3 nitrogen and oxygen atoms in total. The van der Waals surface area contributed by atoms with Crippen LogP contribution in [-0.4, -0.2) is 23.9 Å². The van der Waals surface area contributed by atoms with Crippen LogP contribution in [0.4, 0.5) is 0 Å². The van der Waals surface area contributed by atoms with E-state index in [1.54, 1.807) is 6.08 Å². The fourth-order valence-corrected chi connectivity index (χ4v) is 1.14. The van der Waals surface area contributed by atoms with Crippen molar-refractivity contribution in [2.24, 2.45) is 5.73 Å². The Kier molecular flexibility index (Phi) is 2.71. The summed E-state index contributed by atoms with van der Waals surface area (Å²) in [4.78, 5) is 0. The van der Waals surface area contributed by atoms with Gasteiger partial charge in [-0.15, -0.1) is 0 Å².